The summed E-state index contributed by atoms with van der Waals surface area (Å²) < 4.78 is 16.5. The third-order valence-electron chi connectivity index (χ3n) is 5.47. The van der Waals surface area contributed by atoms with E-state index >= 15 is 0 Å². The highest BCUT2D eigenvalue weighted by Crippen LogP contribution is 2.49. The van der Waals surface area contributed by atoms with Gasteiger partial charge in [-0.1, -0.05) is 74.9 Å². The maximum atomic E-state index is 6.43. The molecule has 0 aliphatic carbocycles. The van der Waals surface area contributed by atoms with E-state index in [-0.39, 0.29) is 17.9 Å². The predicted octanol–water partition coefficient (Wildman–Crippen LogP) is 7.26. The molecule has 0 fully saturated rings. The van der Waals surface area contributed by atoms with E-state index in [1.165, 1.54) is 16.7 Å². The fraction of sp³-hybridized carbons (Fsp3) is 0.280. The van der Waals surface area contributed by atoms with Gasteiger partial charge in [-0.25, -0.2) is 0 Å². The summed E-state index contributed by atoms with van der Waals surface area (Å²) in [6.45, 7) is 8.39. The average Bonchev–Trinajstić information content (AvgIpc) is 2.71. The molecule has 0 saturated carbocycles. The van der Waals surface area contributed by atoms with Crippen LogP contribution in [-0.4, -0.2) is 0 Å². The van der Waals surface area contributed by atoms with E-state index in [1.54, 1.807) is 0 Å². The molecular formula is C25H26O3. The molecule has 5 rings (SSSR count). The summed E-state index contributed by atoms with van der Waals surface area (Å²) in [5, 5.41) is 0. The van der Waals surface area contributed by atoms with Crippen molar-refractivity contribution in [3.8, 4) is 5.75 Å². The normalized spacial score (nSPS) is 20.8. The molecular weight excluding hydrogens is 348 g/mol. The number of benzene rings is 3. The number of hydrogen-bond acceptors (Lipinski definition) is 3. The van der Waals surface area contributed by atoms with Crippen molar-refractivity contribution in [2.24, 2.45) is 5.92 Å². The van der Waals surface area contributed by atoms with E-state index in [0.717, 1.165) is 22.5 Å². The average molecular weight is 374 g/mol. The molecule has 0 bridgehead atoms. The van der Waals surface area contributed by atoms with Crippen LogP contribution in [0.15, 0.2) is 75.9 Å². The largest absolute Gasteiger partial charge is 0.485 e. The lowest BCUT2D eigenvalue weighted by molar-refractivity contribution is 0.0580. The van der Waals surface area contributed by atoms with Crippen LogP contribution in [0.25, 0.3) is 11.2 Å². The SMILES string of the molecule is CC.Cc1ccc(C2c3ccccc3OC(c3ccc4ooc4c3)C2C)cc1. The lowest BCUT2D eigenvalue weighted by atomic mass is 9.75. The molecule has 1 aromatic heterocycles. The Balaban J connectivity index is 0.000000932. The summed E-state index contributed by atoms with van der Waals surface area (Å²) >= 11 is 0. The lowest BCUT2D eigenvalue weighted by Crippen LogP contribution is -2.28. The monoisotopic (exact) mass is 374 g/mol. The Labute approximate surface area is 165 Å². The first-order chi connectivity index (χ1) is 13.7. The van der Waals surface area contributed by atoms with Gasteiger partial charge in [-0.05, 0) is 36.2 Å². The second kappa shape index (κ2) is 7.59. The van der Waals surface area contributed by atoms with Gasteiger partial charge in [-0.15, -0.1) is 0 Å². The van der Waals surface area contributed by atoms with Crippen LogP contribution in [0.5, 0.6) is 5.75 Å². The fourth-order valence-corrected chi connectivity index (χ4v) is 4.07. The molecule has 0 N–H and O–H groups in total. The first-order valence-electron chi connectivity index (χ1n) is 10.0. The molecule has 144 valence electrons. The van der Waals surface area contributed by atoms with Crippen molar-refractivity contribution in [1.29, 1.82) is 0 Å². The van der Waals surface area contributed by atoms with E-state index in [0.29, 0.717) is 0 Å². The van der Waals surface area contributed by atoms with Crippen LogP contribution in [0, 0.1) is 12.8 Å². The first-order valence-corrected chi connectivity index (χ1v) is 10.0. The maximum absolute atomic E-state index is 6.43. The summed E-state index contributed by atoms with van der Waals surface area (Å²) in [7, 11) is 0. The van der Waals surface area contributed by atoms with Crippen LogP contribution in [0.3, 0.4) is 0 Å². The first kappa shape index (κ1) is 18.4. The van der Waals surface area contributed by atoms with Gasteiger partial charge in [-0.3, -0.25) is 9.15 Å². The Bertz CT molecular complexity index is 1050. The van der Waals surface area contributed by atoms with E-state index in [1.807, 2.05) is 32.0 Å². The van der Waals surface area contributed by atoms with E-state index in [2.05, 4.69) is 62.4 Å². The van der Waals surface area contributed by atoms with Gasteiger partial charge in [0.1, 0.15) is 11.9 Å². The third-order valence-corrected chi connectivity index (χ3v) is 5.47. The van der Waals surface area contributed by atoms with Crippen molar-refractivity contribution < 1.29 is 13.9 Å². The molecule has 0 radical (unpaired) electrons. The summed E-state index contributed by atoms with van der Waals surface area (Å²) in [4.78, 5) is 0. The minimum atomic E-state index is -0.0364. The standard InChI is InChI=1S/C23H20O3.C2H6/c1-14-7-9-16(10-8-14)22-15(2)23(24-19-6-4-3-5-18(19)22)17-11-12-20-21(13-17)26-25-20;1-2/h3-13,15,22-23H,1-2H3;1-2H3. The van der Waals surface area contributed by atoms with Gasteiger partial charge in [0.25, 0.3) is 0 Å². The number of hydrogen-bond donors (Lipinski definition) is 0. The van der Waals surface area contributed by atoms with Crippen LogP contribution in [0.1, 0.15) is 55.0 Å². The van der Waals surface area contributed by atoms with Gasteiger partial charge in [-0.2, -0.15) is 0 Å². The molecule has 3 aromatic carbocycles. The molecule has 4 aromatic rings. The Morgan fingerprint density at radius 3 is 2.11 bits per heavy atom. The summed E-state index contributed by atoms with van der Waals surface area (Å²) in [6, 6.07) is 23.3. The Morgan fingerprint density at radius 2 is 1.43 bits per heavy atom. The molecule has 1 aliphatic heterocycles. The summed E-state index contributed by atoms with van der Waals surface area (Å²) in [5.74, 6) is 1.53. The molecule has 0 saturated heterocycles. The highest BCUT2D eigenvalue weighted by atomic mass is 17.0. The number of aryl methyl sites for hydroxylation is 1. The van der Waals surface area contributed by atoms with Gasteiger partial charge in [0.05, 0.1) is 0 Å². The molecule has 2 heterocycles. The third kappa shape index (κ3) is 3.11. The Kier molecular flexibility index (Phi) is 4.99. The molecule has 3 nitrogen and oxygen atoms in total. The molecule has 3 unspecified atom stereocenters. The van der Waals surface area contributed by atoms with Gasteiger partial charge in [0.15, 0.2) is 0 Å². The molecule has 0 amide bonds. The van der Waals surface area contributed by atoms with Crippen molar-refractivity contribution in [3.05, 3.63) is 89.0 Å². The number of fused-ring (bicyclic) bond motifs is 2. The maximum Gasteiger partial charge on any atom is 0.226 e. The van der Waals surface area contributed by atoms with Crippen LogP contribution in [0.4, 0.5) is 0 Å². The van der Waals surface area contributed by atoms with Gasteiger partial charge in [0.2, 0.25) is 11.2 Å². The van der Waals surface area contributed by atoms with Crippen molar-refractivity contribution in [2.75, 3.05) is 0 Å². The van der Waals surface area contributed by atoms with Gasteiger partial charge < -0.3 is 4.74 Å². The predicted molar refractivity (Wildman–Crippen MR) is 112 cm³/mol. The van der Waals surface area contributed by atoms with Crippen LogP contribution in [0.2, 0.25) is 0 Å². The van der Waals surface area contributed by atoms with Crippen molar-refractivity contribution >= 4 is 11.2 Å². The highest BCUT2D eigenvalue weighted by molar-refractivity contribution is 5.71. The van der Waals surface area contributed by atoms with Gasteiger partial charge in [0, 0.05) is 17.4 Å². The number of para-hydroxylation sites is 1. The number of rotatable bonds is 2. The zero-order valence-electron chi connectivity index (χ0n) is 16.8. The van der Waals surface area contributed by atoms with E-state index in [9.17, 15) is 0 Å². The van der Waals surface area contributed by atoms with Crippen molar-refractivity contribution in [1.82, 2.24) is 0 Å². The van der Waals surface area contributed by atoms with Crippen LogP contribution >= 0.6 is 0 Å². The zero-order chi connectivity index (χ0) is 19.7. The molecule has 3 atom stereocenters. The second-order valence-corrected chi connectivity index (χ2v) is 7.20. The zero-order valence-corrected chi connectivity index (χ0v) is 16.8. The Hall–Kier alpha value is -2.94. The summed E-state index contributed by atoms with van der Waals surface area (Å²) in [5.41, 5.74) is 6.54. The smallest absolute Gasteiger partial charge is 0.226 e. The number of ether oxygens (including phenoxy) is 1. The quantitative estimate of drug-likeness (QED) is 0.346. The molecule has 28 heavy (non-hydrogen) atoms. The Morgan fingerprint density at radius 1 is 0.750 bits per heavy atom. The van der Waals surface area contributed by atoms with E-state index < -0.39 is 0 Å². The second-order valence-electron chi connectivity index (χ2n) is 7.20. The van der Waals surface area contributed by atoms with Crippen molar-refractivity contribution in [2.45, 2.75) is 39.7 Å². The van der Waals surface area contributed by atoms with Crippen LogP contribution in [-0.2, 0) is 0 Å². The molecule has 3 heteroatoms. The fourth-order valence-electron chi connectivity index (χ4n) is 4.07. The van der Waals surface area contributed by atoms with Crippen LogP contribution < -0.4 is 4.74 Å². The minimum Gasteiger partial charge on any atom is -0.485 e. The highest BCUT2D eigenvalue weighted by Gasteiger charge is 2.37. The van der Waals surface area contributed by atoms with Gasteiger partial charge >= 0.3 is 0 Å². The summed E-state index contributed by atoms with van der Waals surface area (Å²) in [6.07, 6.45) is -0.0364. The lowest BCUT2D eigenvalue weighted by Gasteiger charge is -2.38. The topological polar surface area (TPSA) is 35.5 Å². The molecule has 0 spiro atoms. The van der Waals surface area contributed by atoms with Crippen molar-refractivity contribution in [3.63, 3.8) is 0 Å². The van der Waals surface area contributed by atoms with E-state index in [4.69, 9.17) is 13.9 Å². The molecule has 1 aliphatic rings. The minimum absolute atomic E-state index is 0.0364.